The Balaban J connectivity index is 2.82. The summed E-state index contributed by atoms with van der Waals surface area (Å²) in [5.41, 5.74) is 6.18. The van der Waals surface area contributed by atoms with Gasteiger partial charge in [-0.15, -0.1) is 0 Å². The van der Waals surface area contributed by atoms with Crippen LogP contribution in [0.15, 0.2) is 18.2 Å². The van der Waals surface area contributed by atoms with Crippen molar-refractivity contribution in [1.29, 1.82) is 0 Å². The van der Waals surface area contributed by atoms with E-state index < -0.39 is 11.9 Å². The number of nitrogens with two attached hydrogens (primary N) is 1. The SMILES string of the molecule is COc1cc(CC(CCN)C(=O)O)ccc1O. The minimum absolute atomic E-state index is 0.0435. The number of carbonyl (C=O) groups is 1. The van der Waals surface area contributed by atoms with Crippen LogP contribution in [0.1, 0.15) is 12.0 Å². The third-order valence-corrected chi connectivity index (χ3v) is 2.59. The van der Waals surface area contributed by atoms with Gasteiger partial charge in [0.15, 0.2) is 11.5 Å². The highest BCUT2D eigenvalue weighted by Crippen LogP contribution is 2.27. The Morgan fingerprint density at radius 3 is 2.76 bits per heavy atom. The predicted molar refractivity (Wildman–Crippen MR) is 63.2 cm³/mol. The van der Waals surface area contributed by atoms with Crippen molar-refractivity contribution in [3.63, 3.8) is 0 Å². The number of carboxylic acid groups (broad SMARTS) is 1. The molecule has 17 heavy (non-hydrogen) atoms. The van der Waals surface area contributed by atoms with Gasteiger partial charge in [-0.05, 0) is 37.1 Å². The molecule has 0 heterocycles. The minimum atomic E-state index is -0.859. The number of aromatic hydroxyl groups is 1. The number of aliphatic carboxylic acids is 1. The molecule has 0 aliphatic heterocycles. The average Bonchev–Trinajstić information content (AvgIpc) is 2.30. The van der Waals surface area contributed by atoms with Crippen molar-refractivity contribution in [2.75, 3.05) is 13.7 Å². The molecule has 0 aliphatic carbocycles. The Labute approximate surface area is 99.8 Å². The van der Waals surface area contributed by atoms with E-state index in [2.05, 4.69) is 0 Å². The van der Waals surface area contributed by atoms with Gasteiger partial charge in [0, 0.05) is 0 Å². The van der Waals surface area contributed by atoms with Gasteiger partial charge in [-0.2, -0.15) is 0 Å². The quantitative estimate of drug-likeness (QED) is 0.688. The molecule has 0 bridgehead atoms. The number of carboxylic acids is 1. The van der Waals surface area contributed by atoms with Crippen molar-refractivity contribution < 1.29 is 19.7 Å². The molecule has 1 aromatic rings. The van der Waals surface area contributed by atoms with Gasteiger partial charge in [0.1, 0.15) is 0 Å². The molecule has 1 aromatic carbocycles. The normalized spacial score (nSPS) is 12.1. The van der Waals surface area contributed by atoms with Crippen LogP contribution in [-0.4, -0.2) is 29.8 Å². The van der Waals surface area contributed by atoms with Crippen LogP contribution in [0.2, 0.25) is 0 Å². The molecule has 0 fully saturated rings. The Hall–Kier alpha value is -1.75. The number of rotatable bonds is 6. The zero-order chi connectivity index (χ0) is 12.8. The topological polar surface area (TPSA) is 92.8 Å². The van der Waals surface area contributed by atoms with Crippen molar-refractivity contribution in [3.05, 3.63) is 23.8 Å². The molecule has 0 aromatic heterocycles. The van der Waals surface area contributed by atoms with Gasteiger partial charge in [-0.25, -0.2) is 0 Å². The molecule has 0 spiro atoms. The summed E-state index contributed by atoms with van der Waals surface area (Å²) in [7, 11) is 1.45. The van der Waals surface area contributed by atoms with Crippen LogP contribution in [0.25, 0.3) is 0 Å². The van der Waals surface area contributed by atoms with Crippen LogP contribution < -0.4 is 10.5 Å². The van der Waals surface area contributed by atoms with E-state index in [1.807, 2.05) is 0 Å². The summed E-state index contributed by atoms with van der Waals surface area (Å²) in [6.07, 6.45) is 0.807. The van der Waals surface area contributed by atoms with Crippen LogP contribution in [0.3, 0.4) is 0 Å². The number of phenolic OH excluding ortho intramolecular Hbond substituents is 1. The Morgan fingerprint density at radius 2 is 2.24 bits per heavy atom. The lowest BCUT2D eigenvalue weighted by Gasteiger charge is -2.12. The van der Waals surface area contributed by atoms with Crippen LogP contribution in [0.5, 0.6) is 11.5 Å². The van der Waals surface area contributed by atoms with Crippen molar-refractivity contribution in [2.45, 2.75) is 12.8 Å². The van der Waals surface area contributed by atoms with Crippen LogP contribution in [0, 0.1) is 5.92 Å². The standard InChI is InChI=1S/C12H17NO4/c1-17-11-7-8(2-3-10(11)14)6-9(4-5-13)12(15)16/h2-3,7,9,14H,4-6,13H2,1H3,(H,15,16). The van der Waals surface area contributed by atoms with Gasteiger partial charge in [-0.1, -0.05) is 6.07 Å². The van der Waals surface area contributed by atoms with E-state index in [1.54, 1.807) is 12.1 Å². The van der Waals surface area contributed by atoms with Gasteiger partial charge >= 0.3 is 5.97 Å². The van der Waals surface area contributed by atoms with Crippen molar-refractivity contribution in [3.8, 4) is 11.5 Å². The summed E-state index contributed by atoms with van der Waals surface area (Å²) in [4.78, 5) is 11.0. The summed E-state index contributed by atoms with van der Waals surface area (Å²) < 4.78 is 4.97. The van der Waals surface area contributed by atoms with Crippen LogP contribution in [-0.2, 0) is 11.2 Å². The van der Waals surface area contributed by atoms with E-state index in [-0.39, 0.29) is 5.75 Å². The van der Waals surface area contributed by atoms with E-state index in [0.717, 1.165) is 5.56 Å². The molecular weight excluding hydrogens is 222 g/mol. The van der Waals surface area contributed by atoms with Crippen LogP contribution >= 0.6 is 0 Å². The number of benzene rings is 1. The zero-order valence-corrected chi connectivity index (χ0v) is 9.72. The number of phenols is 1. The average molecular weight is 239 g/mol. The lowest BCUT2D eigenvalue weighted by Crippen LogP contribution is -2.20. The summed E-state index contributed by atoms with van der Waals surface area (Å²) >= 11 is 0. The van der Waals surface area contributed by atoms with E-state index in [1.165, 1.54) is 13.2 Å². The molecule has 1 rings (SSSR count). The van der Waals surface area contributed by atoms with Gasteiger partial charge in [-0.3, -0.25) is 4.79 Å². The molecular formula is C12H17NO4. The molecule has 0 amide bonds. The van der Waals surface area contributed by atoms with E-state index in [9.17, 15) is 9.90 Å². The molecule has 0 saturated heterocycles. The molecule has 4 N–H and O–H groups in total. The molecule has 0 radical (unpaired) electrons. The molecule has 94 valence electrons. The maximum atomic E-state index is 11.0. The second-order valence-electron chi connectivity index (χ2n) is 3.82. The van der Waals surface area contributed by atoms with E-state index >= 15 is 0 Å². The molecule has 0 saturated carbocycles. The van der Waals surface area contributed by atoms with Crippen molar-refractivity contribution in [1.82, 2.24) is 0 Å². The third kappa shape index (κ3) is 3.64. The van der Waals surface area contributed by atoms with Crippen molar-refractivity contribution in [2.24, 2.45) is 11.7 Å². The highest BCUT2D eigenvalue weighted by atomic mass is 16.5. The first-order valence-corrected chi connectivity index (χ1v) is 5.37. The molecule has 1 atom stereocenters. The lowest BCUT2D eigenvalue weighted by molar-refractivity contribution is -0.141. The Kier molecular flexibility index (Phi) is 4.78. The number of hydrogen-bond acceptors (Lipinski definition) is 4. The maximum absolute atomic E-state index is 11.0. The monoisotopic (exact) mass is 239 g/mol. The summed E-state index contributed by atoms with van der Waals surface area (Å²) in [6.45, 7) is 0.339. The van der Waals surface area contributed by atoms with E-state index in [0.29, 0.717) is 25.1 Å². The minimum Gasteiger partial charge on any atom is -0.504 e. The van der Waals surface area contributed by atoms with Gasteiger partial charge in [0.2, 0.25) is 0 Å². The first-order chi connectivity index (χ1) is 8.08. The predicted octanol–water partition coefficient (Wildman–Crippen LogP) is 0.993. The first kappa shape index (κ1) is 13.3. The van der Waals surface area contributed by atoms with Gasteiger partial charge < -0.3 is 20.7 Å². The summed E-state index contributed by atoms with van der Waals surface area (Å²) in [5.74, 6) is -0.974. The van der Waals surface area contributed by atoms with Gasteiger partial charge in [0.05, 0.1) is 13.0 Å². The van der Waals surface area contributed by atoms with Gasteiger partial charge in [0.25, 0.3) is 0 Å². The second-order valence-corrected chi connectivity index (χ2v) is 3.82. The fourth-order valence-electron chi connectivity index (χ4n) is 1.65. The fraction of sp³-hybridized carbons (Fsp3) is 0.417. The molecule has 1 unspecified atom stereocenters. The fourth-order valence-corrected chi connectivity index (χ4v) is 1.65. The summed E-state index contributed by atoms with van der Waals surface area (Å²) in [6, 6.07) is 4.82. The smallest absolute Gasteiger partial charge is 0.306 e. The summed E-state index contributed by atoms with van der Waals surface area (Å²) in [5, 5.41) is 18.4. The maximum Gasteiger partial charge on any atom is 0.306 e. The zero-order valence-electron chi connectivity index (χ0n) is 9.72. The Bertz CT molecular complexity index is 392. The Morgan fingerprint density at radius 1 is 1.53 bits per heavy atom. The second kappa shape index (κ2) is 6.10. The molecule has 5 nitrogen and oxygen atoms in total. The van der Waals surface area contributed by atoms with Crippen molar-refractivity contribution >= 4 is 5.97 Å². The molecule has 0 aliphatic rings. The highest BCUT2D eigenvalue weighted by molar-refractivity contribution is 5.70. The molecule has 5 heteroatoms. The first-order valence-electron chi connectivity index (χ1n) is 5.37. The highest BCUT2D eigenvalue weighted by Gasteiger charge is 2.17. The largest absolute Gasteiger partial charge is 0.504 e. The number of hydrogen-bond donors (Lipinski definition) is 3. The third-order valence-electron chi connectivity index (χ3n) is 2.59. The lowest BCUT2D eigenvalue weighted by atomic mass is 9.96. The number of methoxy groups -OCH3 is 1. The van der Waals surface area contributed by atoms with E-state index in [4.69, 9.17) is 15.6 Å². The number of ether oxygens (including phenoxy) is 1. The van der Waals surface area contributed by atoms with Crippen LogP contribution in [0.4, 0.5) is 0 Å².